The van der Waals surface area contributed by atoms with Crippen LogP contribution in [0.4, 0.5) is 13.2 Å². The fraction of sp³-hybridized carbons (Fsp3) is 0.455. The van der Waals surface area contributed by atoms with Crippen LogP contribution in [0.25, 0.3) is 0 Å². The summed E-state index contributed by atoms with van der Waals surface area (Å²) < 4.78 is 40.5. The molecule has 0 saturated carbocycles. The number of hydrogen-bond acceptors (Lipinski definition) is 1. The van der Waals surface area contributed by atoms with Crippen LogP contribution in [-0.4, -0.2) is 6.54 Å². The molecular weight excluding hydrogens is 318 g/mol. The van der Waals surface area contributed by atoms with Gasteiger partial charge in [0.1, 0.15) is 0 Å². The Bertz CT molecular complexity index is 443. The molecule has 0 bridgehead atoms. The van der Waals surface area contributed by atoms with Gasteiger partial charge in [-0.25, -0.2) is 13.2 Å². The minimum Gasteiger partial charge on any atom is -0.307 e. The lowest BCUT2D eigenvalue weighted by atomic mass is 9.89. The summed E-state index contributed by atoms with van der Waals surface area (Å²) in [4.78, 5) is 0. The molecule has 0 spiro atoms. The standard InChI is InChI=1S/C11H10BrClF3N/c1-11(3-2-4-17-11)5-7(13)9(15)6(12)10(16)8(5)14/h17H,2-4H2,1H3. The first-order valence-corrected chi connectivity index (χ1v) is 6.32. The number of hydrogen-bond donors (Lipinski definition) is 1. The predicted octanol–water partition coefficient (Wildman–Crippen LogP) is 4.12. The second-order valence-electron chi connectivity index (χ2n) is 4.31. The molecule has 0 aliphatic carbocycles. The van der Waals surface area contributed by atoms with Crippen LogP contribution in [0.5, 0.6) is 0 Å². The molecule has 1 N–H and O–H groups in total. The number of nitrogens with one attached hydrogen (secondary N) is 1. The Labute approximate surface area is 110 Å². The van der Waals surface area contributed by atoms with Crippen molar-refractivity contribution in [3.8, 4) is 0 Å². The predicted molar refractivity (Wildman–Crippen MR) is 63.6 cm³/mol. The maximum Gasteiger partial charge on any atom is 0.176 e. The van der Waals surface area contributed by atoms with Crippen molar-refractivity contribution in [1.29, 1.82) is 0 Å². The molecule has 1 fully saturated rings. The molecule has 17 heavy (non-hydrogen) atoms. The highest BCUT2D eigenvalue weighted by Gasteiger charge is 2.38. The third kappa shape index (κ3) is 1.98. The van der Waals surface area contributed by atoms with E-state index in [4.69, 9.17) is 11.6 Å². The average Bonchev–Trinajstić information content (AvgIpc) is 2.71. The molecule has 1 saturated heterocycles. The first-order chi connectivity index (χ1) is 7.88. The highest BCUT2D eigenvalue weighted by atomic mass is 79.9. The van der Waals surface area contributed by atoms with E-state index >= 15 is 0 Å². The zero-order valence-electron chi connectivity index (χ0n) is 9.01. The summed E-state index contributed by atoms with van der Waals surface area (Å²) in [5.41, 5.74) is -0.946. The van der Waals surface area contributed by atoms with E-state index in [1.54, 1.807) is 6.92 Å². The molecule has 1 unspecified atom stereocenters. The van der Waals surface area contributed by atoms with Crippen LogP contribution in [0.15, 0.2) is 4.47 Å². The summed E-state index contributed by atoms with van der Waals surface area (Å²) in [5.74, 6) is -3.30. The van der Waals surface area contributed by atoms with E-state index in [1.807, 2.05) is 0 Å². The van der Waals surface area contributed by atoms with Crippen molar-refractivity contribution in [2.75, 3.05) is 6.54 Å². The normalized spacial score (nSPS) is 24.4. The molecule has 6 heteroatoms. The molecule has 94 valence electrons. The van der Waals surface area contributed by atoms with Gasteiger partial charge in [0.15, 0.2) is 17.5 Å². The Hall–Kier alpha value is -0.260. The minimum absolute atomic E-state index is 0.130. The van der Waals surface area contributed by atoms with E-state index in [0.29, 0.717) is 13.0 Å². The Kier molecular flexibility index (Phi) is 3.45. The van der Waals surface area contributed by atoms with Gasteiger partial charge >= 0.3 is 0 Å². The lowest BCUT2D eigenvalue weighted by Crippen LogP contribution is -2.35. The maximum atomic E-state index is 13.9. The summed E-state index contributed by atoms with van der Waals surface area (Å²) in [6, 6.07) is 0. The third-order valence-corrected chi connectivity index (χ3v) is 4.18. The van der Waals surface area contributed by atoms with Crippen LogP contribution in [0.1, 0.15) is 25.3 Å². The van der Waals surface area contributed by atoms with Crippen LogP contribution in [0.2, 0.25) is 5.02 Å². The van der Waals surface area contributed by atoms with E-state index in [0.717, 1.165) is 6.42 Å². The van der Waals surface area contributed by atoms with Crippen LogP contribution < -0.4 is 5.32 Å². The van der Waals surface area contributed by atoms with Gasteiger partial charge in [-0.2, -0.15) is 0 Å². The van der Waals surface area contributed by atoms with E-state index in [1.165, 1.54) is 0 Å². The van der Waals surface area contributed by atoms with Crippen molar-refractivity contribution in [2.45, 2.75) is 25.3 Å². The smallest absolute Gasteiger partial charge is 0.176 e. The Morgan fingerprint density at radius 1 is 1.24 bits per heavy atom. The Morgan fingerprint density at radius 2 is 1.88 bits per heavy atom. The molecule has 1 nitrogen and oxygen atoms in total. The van der Waals surface area contributed by atoms with Crippen LogP contribution >= 0.6 is 27.5 Å². The van der Waals surface area contributed by atoms with Gasteiger partial charge in [-0.3, -0.25) is 0 Å². The zero-order valence-corrected chi connectivity index (χ0v) is 11.4. The molecule has 0 amide bonds. The average molecular weight is 329 g/mol. The van der Waals surface area contributed by atoms with E-state index in [9.17, 15) is 13.2 Å². The lowest BCUT2D eigenvalue weighted by Gasteiger charge is -2.27. The molecule has 2 rings (SSSR count). The Morgan fingerprint density at radius 3 is 2.41 bits per heavy atom. The van der Waals surface area contributed by atoms with Gasteiger partial charge in [-0.05, 0) is 42.2 Å². The first-order valence-electron chi connectivity index (χ1n) is 5.15. The van der Waals surface area contributed by atoms with Gasteiger partial charge in [0.2, 0.25) is 0 Å². The monoisotopic (exact) mass is 327 g/mol. The molecule has 1 aromatic rings. The second-order valence-corrected chi connectivity index (χ2v) is 5.48. The molecule has 1 heterocycles. The summed E-state index contributed by atoms with van der Waals surface area (Å²) in [6.07, 6.45) is 1.40. The van der Waals surface area contributed by atoms with Crippen molar-refractivity contribution in [1.82, 2.24) is 5.32 Å². The molecule has 1 aromatic carbocycles. The molecule has 0 radical (unpaired) electrons. The minimum atomic E-state index is -1.24. The molecular formula is C11H10BrClF3N. The van der Waals surface area contributed by atoms with E-state index < -0.39 is 27.5 Å². The molecule has 1 aliphatic heterocycles. The van der Waals surface area contributed by atoms with Crippen molar-refractivity contribution in [3.63, 3.8) is 0 Å². The number of benzene rings is 1. The van der Waals surface area contributed by atoms with Gasteiger partial charge in [0.05, 0.1) is 9.50 Å². The summed E-state index contributed by atoms with van der Waals surface area (Å²) >= 11 is 8.44. The van der Waals surface area contributed by atoms with Gasteiger partial charge in [0.25, 0.3) is 0 Å². The molecule has 1 atom stereocenters. The summed E-state index contributed by atoms with van der Waals surface area (Å²) in [5, 5.41) is 2.66. The molecule has 0 aromatic heterocycles. The Balaban J connectivity index is 2.69. The van der Waals surface area contributed by atoms with Gasteiger partial charge < -0.3 is 5.32 Å². The van der Waals surface area contributed by atoms with Gasteiger partial charge in [-0.1, -0.05) is 11.6 Å². The fourth-order valence-electron chi connectivity index (χ4n) is 2.20. The van der Waals surface area contributed by atoms with Gasteiger partial charge in [0, 0.05) is 11.1 Å². The van der Waals surface area contributed by atoms with Crippen molar-refractivity contribution in [2.24, 2.45) is 0 Å². The third-order valence-electron chi connectivity index (χ3n) is 3.13. The summed E-state index contributed by atoms with van der Waals surface area (Å²) in [7, 11) is 0. The van der Waals surface area contributed by atoms with Gasteiger partial charge in [-0.15, -0.1) is 0 Å². The van der Waals surface area contributed by atoms with E-state index in [2.05, 4.69) is 21.2 Å². The number of rotatable bonds is 1. The van der Waals surface area contributed by atoms with Crippen molar-refractivity contribution >= 4 is 27.5 Å². The number of halogens is 5. The summed E-state index contributed by atoms with van der Waals surface area (Å²) in [6.45, 7) is 2.36. The van der Waals surface area contributed by atoms with Crippen LogP contribution in [0, 0.1) is 17.5 Å². The second kappa shape index (κ2) is 4.44. The largest absolute Gasteiger partial charge is 0.307 e. The first kappa shape index (κ1) is 13.2. The van der Waals surface area contributed by atoms with Crippen molar-refractivity contribution in [3.05, 3.63) is 32.5 Å². The quantitative estimate of drug-likeness (QED) is 0.604. The zero-order chi connectivity index (χ0) is 12.8. The van der Waals surface area contributed by atoms with Crippen LogP contribution in [0.3, 0.4) is 0 Å². The fourth-order valence-corrected chi connectivity index (χ4v) is 3.07. The van der Waals surface area contributed by atoms with Crippen LogP contribution in [-0.2, 0) is 5.54 Å². The SMILES string of the molecule is CC1(c2c(F)c(F)c(Br)c(F)c2Cl)CCCN1. The topological polar surface area (TPSA) is 12.0 Å². The lowest BCUT2D eigenvalue weighted by molar-refractivity contribution is 0.388. The molecule has 1 aliphatic rings. The highest BCUT2D eigenvalue weighted by Crippen LogP contribution is 2.41. The van der Waals surface area contributed by atoms with Crippen molar-refractivity contribution < 1.29 is 13.2 Å². The van der Waals surface area contributed by atoms with E-state index in [-0.39, 0.29) is 10.6 Å². The maximum absolute atomic E-state index is 13.9. The highest BCUT2D eigenvalue weighted by molar-refractivity contribution is 9.10.